The van der Waals surface area contributed by atoms with E-state index in [1.54, 1.807) is 18.0 Å². The van der Waals surface area contributed by atoms with E-state index in [0.717, 1.165) is 38.0 Å². The monoisotopic (exact) mass is 293 g/mol. The Hall–Kier alpha value is -1.82. The fourth-order valence-corrected chi connectivity index (χ4v) is 3.04. The molecule has 0 saturated carbocycles. The molecule has 6 nitrogen and oxygen atoms in total. The third-order valence-electron chi connectivity index (χ3n) is 4.46. The van der Waals surface area contributed by atoms with Gasteiger partial charge in [0.1, 0.15) is 11.7 Å². The van der Waals surface area contributed by atoms with Crippen molar-refractivity contribution in [3.63, 3.8) is 0 Å². The van der Waals surface area contributed by atoms with Crippen molar-refractivity contribution in [2.24, 2.45) is 0 Å². The van der Waals surface area contributed by atoms with Gasteiger partial charge in [0.25, 0.3) is 0 Å². The predicted molar refractivity (Wildman–Crippen MR) is 76.1 cm³/mol. The van der Waals surface area contributed by atoms with Crippen LogP contribution in [0.15, 0.2) is 24.0 Å². The number of carbonyl (C=O) groups is 2. The van der Waals surface area contributed by atoms with Crippen LogP contribution in [0.1, 0.15) is 32.6 Å². The van der Waals surface area contributed by atoms with Crippen LogP contribution in [0.25, 0.3) is 0 Å². The Balaban J connectivity index is 2.13. The van der Waals surface area contributed by atoms with Gasteiger partial charge in [-0.2, -0.15) is 4.59 Å². The number of carboxylic acid groups (broad SMARTS) is 1. The Kier molecular flexibility index (Phi) is 4.37. The minimum atomic E-state index is -1.22. The third kappa shape index (κ3) is 3.10. The van der Waals surface area contributed by atoms with Gasteiger partial charge in [-0.15, -0.1) is 0 Å². The number of hydrogen-bond acceptors (Lipinski definition) is 4. The molecule has 0 radical (unpaired) electrons. The average molecular weight is 293 g/mol. The van der Waals surface area contributed by atoms with Crippen LogP contribution >= 0.6 is 0 Å². The number of nitrogens with one attached hydrogen (secondary N) is 1. The molecule has 1 saturated heterocycles. The lowest BCUT2D eigenvalue weighted by atomic mass is 10.1. The first-order valence-electron chi connectivity index (χ1n) is 7.35. The molecule has 1 unspecified atom stereocenters. The lowest BCUT2D eigenvalue weighted by Gasteiger charge is -2.39. The van der Waals surface area contributed by atoms with E-state index >= 15 is 0 Å². The summed E-state index contributed by atoms with van der Waals surface area (Å²) in [6.45, 7) is 7.06. The standard InChI is InChI=1S/C15H23N3O3/c1-11-9-12(2)18(3,16-11)13(15(20)21)10-14(19)17-7-5-4-6-8-17/h9,13,16H,1,4-8,10H2,2-3H3/t13-,18?/m1/s1. The van der Waals surface area contributed by atoms with Crippen molar-refractivity contribution in [1.82, 2.24) is 10.3 Å². The van der Waals surface area contributed by atoms with E-state index in [1.807, 2.05) is 6.92 Å². The largest absolute Gasteiger partial charge is 0.544 e. The van der Waals surface area contributed by atoms with Gasteiger partial charge >= 0.3 is 0 Å². The maximum atomic E-state index is 12.4. The molecule has 2 rings (SSSR count). The number of carboxylic acids is 1. The summed E-state index contributed by atoms with van der Waals surface area (Å²) in [6.07, 6.45) is 4.83. The van der Waals surface area contributed by atoms with E-state index < -0.39 is 12.0 Å². The molecule has 2 atom stereocenters. The molecule has 0 bridgehead atoms. The zero-order valence-corrected chi connectivity index (χ0v) is 12.7. The molecule has 1 amide bonds. The molecular weight excluding hydrogens is 270 g/mol. The van der Waals surface area contributed by atoms with Gasteiger partial charge < -0.3 is 14.8 Å². The second-order valence-electron chi connectivity index (χ2n) is 5.98. The molecule has 2 aliphatic rings. The zero-order valence-electron chi connectivity index (χ0n) is 12.7. The molecule has 1 fully saturated rings. The summed E-state index contributed by atoms with van der Waals surface area (Å²) < 4.78 is -0.0548. The number of likely N-dealkylation sites (N-methyl/N-ethyl adjacent to an activating group) is 1. The van der Waals surface area contributed by atoms with Crippen molar-refractivity contribution in [1.29, 1.82) is 0 Å². The molecule has 21 heavy (non-hydrogen) atoms. The fraction of sp³-hybridized carbons (Fsp3) is 0.600. The van der Waals surface area contributed by atoms with E-state index in [1.165, 1.54) is 0 Å². The van der Waals surface area contributed by atoms with Crippen molar-refractivity contribution in [3.8, 4) is 0 Å². The number of allylic oxidation sites excluding steroid dienone is 2. The number of rotatable bonds is 4. The number of likely N-dealkylation sites (tertiary alicyclic amines) is 1. The summed E-state index contributed by atoms with van der Waals surface area (Å²) in [6, 6.07) is -0.963. The molecule has 0 aromatic carbocycles. The Morgan fingerprint density at radius 2 is 2.05 bits per heavy atom. The van der Waals surface area contributed by atoms with Crippen LogP contribution in [0.3, 0.4) is 0 Å². The van der Waals surface area contributed by atoms with Gasteiger partial charge in [0.05, 0.1) is 19.2 Å². The van der Waals surface area contributed by atoms with Crippen LogP contribution in [-0.2, 0) is 9.59 Å². The Morgan fingerprint density at radius 3 is 2.52 bits per heavy atom. The minimum Gasteiger partial charge on any atom is -0.544 e. The van der Waals surface area contributed by atoms with E-state index in [-0.39, 0.29) is 16.9 Å². The van der Waals surface area contributed by atoms with Crippen molar-refractivity contribution in [2.45, 2.75) is 38.6 Å². The molecule has 0 aromatic rings. The van der Waals surface area contributed by atoms with Gasteiger partial charge in [0.15, 0.2) is 6.04 Å². The number of carbonyl (C=O) groups excluding carboxylic acids is 2. The number of amides is 1. The normalized spacial score (nSPS) is 27.0. The quantitative estimate of drug-likeness (QED) is 0.734. The first-order chi connectivity index (χ1) is 9.84. The SMILES string of the molecule is C=C1C=C(C)[N+](C)([C@H](CC(=O)N2CCCCC2)C(=O)[O-])N1. The van der Waals surface area contributed by atoms with E-state index in [2.05, 4.69) is 12.0 Å². The number of nitrogens with zero attached hydrogens (tertiary/aromatic N) is 2. The molecule has 2 heterocycles. The van der Waals surface area contributed by atoms with Crippen LogP contribution in [0, 0.1) is 0 Å². The number of hydrogen-bond donors (Lipinski definition) is 1. The lowest BCUT2D eigenvalue weighted by molar-refractivity contribution is -0.924. The average Bonchev–Trinajstić information content (AvgIpc) is 2.70. The summed E-state index contributed by atoms with van der Waals surface area (Å²) in [5.74, 6) is -1.34. The minimum absolute atomic E-state index is 0.0548. The first-order valence-corrected chi connectivity index (χ1v) is 7.35. The Morgan fingerprint density at radius 1 is 1.43 bits per heavy atom. The Labute approximate surface area is 125 Å². The highest BCUT2D eigenvalue weighted by atomic mass is 16.4. The topological polar surface area (TPSA) is 72.5 Å². The summed E-state index contributed by atoms with van der Waals surface area (Å²) in [4.78, 5) is 25.7. The van der Waals surface area contributed by atoms with Gasteiger partial charge in [0, 0.05) is 26.1 Å². The third-order valence-corrected chi connectivity index (χ3v) is 4.46. The zero-order chi connectivity index (χ0) is 15.6. The fourth-order valence-electron chi connectivity index (χ4n) is 3.04. The molecule has 0 aromatic heterocycles. The molecule has 2 aliphatic heterocycles. The summed E-state index contributed by atoms with van der Waals surface area (Å²) >= 11 is 0. The molecule has 0 spiro atoms. The molecule has 1 N–H and O–H groups in total. The van der Waals surface area contributed by atoms with Gasteiger partial charge in [0.2, 0.25) is 5.91 Å². The highest BCUT2D eigenvalue weighted by Gasteiger charge is 2.42. The summed E-state index contributed by atoms with van der Waals surface area (Å²) in [5.41, 5.74) is 4.48. The van der Waals surface area contributed by atoms with Crippen molar-refractivity contribution in [3.05, 3.63) is 24.0 Å². The van der Waals surface area contributed by atoms with Gasteiger partial charge in [-0.3, -0.25) is 4.79 Å². The molecule has 6 heteroatoms. The first kappa shape index (κ1) is 15.6. The summed E-state index contributed by atoms with van der Waals surface area (Å²) in [7, 11) is 1.73. The predicted octanol–water partition coefficient (Wildman–Crippen LogP) is -0.110. The second kappa shape index (κ2) is 5.89. The highest BCUT2D eigenvalue weighted by Crippen LogP contribution is 2.26. The van der Waals surface area contributed by atoms with Crippen LogP contribution < -0.4 is 10.5 Å². The number of quaternary nitrogens is 1. The summed E-state index contributed by atoms with van der Waals surface area (Å²) in [5, 5.41) is 11.6. The highest BCUT2D eigenvalue weighted by molar-refractivity contribution is 5.83. The molecule has 0 aliphatic carbocycles. The smallest absolute Gasteiger partial charge is 0.229 e. The van der Waals surface area contributed by atoms with Gasteiger partial charge in [-0.25, -0.2) is 5.43 Å². The lowest BCUT2D eigenvalue weighted by Crippen LogP contribution is -2.63. The van der Waals surface area contributed by atoms with Crippen molar-refractivity contribution < 1.29 is 19.3 Å². The van der Waals surface area contributed by atoms with Gasteiger partial charge in [-0.05, 0) is 19.3 Å². The van der Waals surface area contributed by atoms with Crippen molar-refractivity contribution >= 4 is 11.9 Å². The van der Waals surface area contributed by atoms with Crippen molar-refractivity contribution in [2.75, 3.05) is 20.1 Å². The van der Waals surface area contributed by atoms with E-state index in [9.17, 15) is 14.7 Å². The molecule has 116 valence electrons. The van der Waals surface area contributed by atoms with E-state index in [4.69, 9.17) is 0 Å². The van der Waals surface area contributed by atoms with Crippen LogP contribution in [0.5, 0.6) is 0 Å². The Bertz CT molecular complexity index is 494. The number of aliphatic carboxylic acids is 1. The second-order valence-corrected chi connectivity index (χ2v) is 5.98. The molecular formula is C15H23N3O3. The van der Waals surface area contributed by atoms with Crippen LogP contribution in [0.2, 0.25) is 0 Å². The number of piperidine rings is 1. The van der Waals surface area contributed by atoms with Crippen LogP contribution in [0.4, 0.5) is 0 Å². The van der Waals surface area contributed by atoms with Crippen LogP contribution in [-0.4, -0.2) is 47.5 Å². The maximum absolute atomic E-state index is 12.4. The van der Waals surface area contributed by atoms with E-state index in [0.29, 0.717) is 5.70 Å². The van der Waals surface area contributed by atoms with Gasteiger partial charge in [-0.1, -0.05) is 6.58 Å². The maximum Gasteiger partial charge on any atom is 0.229 e.